The van der Waals surface area contributed by atoms with Crippen molar-refractivity contribution in [3.8, 4) is 0 Å². The van der Waals surface area contributed by atoms with E-state index in [1.54, 1.807) is 12.1 Å². The lowest BCUT2D eigenvalue weighted by Crippen LogP contribution is -2.40. The van der Waals surface area contributed by atoms with Crippen molar-refractivity contribution in [2.75, 3.05) is 19.7 Å². The van der Waals surface area contributed by atoms with Crippen molar-refractivity contribution in [2.45, 2.75) is 19.6 Å². The van der Waals surface area contributed by atoms with Crippen LogP contribution in [0.4, 0.5) is 4.39 Å². The van der Waals surface area contributed by atoms with Crippen molar-refractivity contribution in [3.63, 3.8) is 0 Å². The van der Waals surface area contributed by atoms with Crippen LogP contribution in [-0.4, -0.2) is 30.7 Å². The van der Waals surface area contributed by atoms with Crippen LogP contribution in [0.2, 0.25) is 5.02 Å². The first kappa shape index (κ1) is 17.9. The lowest BCUT2D eigenvalue weighted by atomic mass is 10.2. The molecule has 2 rings (SSSR count). The van der Waals surface area contributed by atoms with Crippen molar-refractivity contribution >= 4 is 36.4 Å². The maximum absolute atomic E-state index is 13.0. The maximum Gasteiger partial charge on any atom is 0.141 e. The number of hydrogen-bond acceptors (Lipinski definition) is 2. The molecule has 0 spiro atoms. The van der Waals surface area contributed by atoms with Crippen LogP contribution in [0.15, 0.2) is 18.2 Å². The van der Waals surface area contributed by atoms with Crippen LogP contribution >= 0.6 is 36.4 Å². The second kappa shape index (κ2) is 8.18. The van der Waals surface area contributed by atoms with Gasteiger partial charge in [0, 0.05) is 19.6 Å². The molecule has 104 valence electrons. The third kappa shape index (κ3) is 4.90. The number of ether oxygens (including phenoxy) is 1. The highest BCUT2D eigenvalue weighted by atomic mass is 35.5. The van der Waals surface area contributed by atoms with Crippen LogP contribution in [-0.2, 0) is 11.3 Å². The van der Waals surface area contributed by atoms with Gasteiger partial charge in [-0.1, -0.05) is 17.7 Å². The zero-order valence-corrected chi connectivity index (χ0v) is 12.5. The Morgan fingerprint density at radius 2 is 2.17 bits per heavy atom. The minimum atomic E-state index is -0.360. The van der Waals surface area contributed by atoms with Gasteiger partial charge in [-0.25, -0.2) is 4.39 Å². The Bertz CT molecular complexity index is 378. The number of halogens is 4. The zero-order chi connectivity index (χ0) is 11.5. The minimum absolute atomic E-state index is 0. The Morgan fingerprint density at radius 3 is 2.78 bits per heavy atom. The number of morpholine rings is 1. The summed E-state index contributed by atoms with van der Waals surface area (Å²) in [5.41, 5.74) is 1.04. The number of rotatable bonds is 2. The van der Waals surface area contributed by atoms with E-state index < -0.39 is 0 Å². The van der Waals surface area contributed by atoms with E-state index in [4.69, 9.17) is 16.3 Å². The van der Waals surface area contributed by atoms with Gasteiger partial charge in [0.25, 0.3) is 0 Å². The van der Waals surface area contributed by atoms with E-state index in [9.17, 15) is 4.39 Å². The topological polar surface area (TPSA) is 12.5 Å². The second-order valence-corrected chi connectivity index (χ2v) is 4.57. The molecule has 0 radical (unpaired) electrons. The van der Waals surface area contributed by atoms with Crippen LogP contribution < -0.4 is 0 Å². The van der Waals surface area contributed by atoms with Gasteiger partial charge in [-0.15, -0.1) is 24.8 Å². The van der Waals surface area contributed by atoms with E-state index in [0.29, 0.717) is 0 Å². The standard InChI is InChI=1S/C12H15ClFNO.2ClH/c1-9-7-15(4-5-16-9)8-10-2-3-12(14)11(13)6-10;;/h2-3,6,9H,4-5,7-8H2,1H3;2*1H. The molecule has 0 aliphatic carbocycles. The van der Waals surface area contributed by atoms with E-state index in [0.717, 1.165) is 31.8 Å². The summed E-state index contributed by atoms with van der Waals surface area (Å²) in [6, 6.07) is 4.89. The SMILES string of the molecule is CC1CN(Cc2ccc(F)c(Cl)c2)CCO1.Cl.Cl. The minimum Gasteiger partial charge on any atom is -0.376 e. The lowest BCUT2D eigenvalue weighted by molar-refractivity contribution is -0.0212. The van der Waals surface area contributed by atoms with E-state index in [2.05, 4.69) is 11.8 Å². The van der Waals surface area contributed by atoms with E-state index in [-0.39, 0.29) is 41.8 Å². The number of benzene rings is 1. The molecule has 6 heteroatoms. The summed E-state index contributed by atoms with van der Waals surface area (Å²) in [4.78, 5) is 2.29. The molecule has 0 saturated carbocycles. The van der Waals surface area contributed by atoms with Gasteiger partial charge in [0.05, 0.1) is 17.7 Å². The van der Waals surface area contributed by atoms with Crippen molar-refractivity contribution in [2.24, 2.45) is 0 Å². The van der Waals surface area contributed by atoms with E-state index >= 15 is 0 Å². The summed E-state index contributed by atoms with van der Waals surface area (Å²) in [5.74, 6) is -0.360. The fraction of sp³-hybridized carbons (Fsp3) is 0.500. The third-order valence-electron chi connectivity index (χ3n) is 2.72. The van der Waals surface area contributed by atoms with Crippen LogP contribution in [0.5, 0.6) is 0 Å². The molecule has 1 fully saturated rings. The van der Waals surface area contributed by atoms with Crippen molar-refractivity contribution in [3.05, 3.63) is 34.6 Å². The van der Waals surface area contributed by atoms with Crippen LogP contribution in [0, 0.1) is 5.82 Å². The fourth-order valence-electron chi connectivity index (χ4n) is 1.93. The Hall–Kier alpha value is -0.0600. The zero-order valence-electron chi connectivity index (χ0n) is 10.1. The molecular weight excluding hydrogens is 299 g/mol. The molecule has 0 bridgehead atoms. The average molecular weight is 317 g/mol. The predicted octanol–water partition coefficient (Wildman–Crippen LogP) is 3.54. The van der Waals surface area contributed by atoms with E-state index in [1.807, 2.05) is 0 Å². The molecule has 1 aliphatic heterocycles. The van der Waals surface area contributed by atoms with E-state index in [1.165, 1.54) is 6.07 Å². The van der Waals surface area contributed by atoms with Crippen LogP contribution in [0.1, 0.15) is 12.5 Å². The highest BCUT2D eigenvalue weighted by Gasteiger charge is 2.16. The molecule has 1 aromatic carbocycles. The number of nitrogens with zero attached hydrogens (tertiary/aromatic N) is 1. The molecule has 0 amide bonds. The molecule has 1 heterocycles. The molecule has 1 unspecified atom stereocenters. The van der Waals surface area contributed by atoms with Gasteiger partial charge in [0.1, 0.15) is 5.82 Å². The first-order valence-electron chi connectivity index (χ1n) is 5.43. The van der Waals surface area contributed by atoms with Gasteiger partial charge in [-0.2, -0.15) is 0 Å². The summed E-state index contributed by atoms with van der Waals surface area (Å²) >= 11 is 5.74. The normalized spacial score (nSPS) is 19.8. The molecule has 0 N–H and O–H groups in total. The molecule has 1 saturated heterocycles. The van der Waals surface area contributed by atoms with Gasteiger partial charge in [-0.05, 0) is 24.6 Å². The first-order chi connectivity index (χ1) is 7.65. The highest BCUT2D eigenvalue weighted by Crippen LogP contribution is 2.18. The Balaban J connectivity index is 0.00000144. The monoisotopic (exact) mass is 315 g/mol. The molecule has 0 aromatic heterocycles. The summed E-state index contributed by atoms with van der Waals surface area (Å²) in [6.45, 7) is 5.45. The summed E-state index contributed by atoms with van der Waals surface area (Å²) in [5, 5.41) is 0.193. The predicted molar refractivity (Wildman–Crippen MR) is 76.6 cm³/mol. The molecule has 1 atom stereocenters. The van der Waals surface area contributed by atoms with Gasteiger partial charge >= 0.3 is 0 Å². The molecular formula is C12H17Cl3FNO. The van der Waals surface area contributed by atoms with Gasteiger partial charge in [0.2, 0.25) is 0 Å². The quantitative estimate of drug-likeness (QED) is 0.827. The van der Waals surface area contributed by atoms with Crippen LogP contribution in [0.3, 0.4) is 0 Å². The maximum atomic E-state index is 13.0. The molecule has 1 aliphatic rings. The summed E-state index contributed by atoms with van der Waals surface area (Å²) < 4.78 is 18.4. The van der Waals surface area contributed by atoms with Gasteiger partial charge in [-0.3, -0.25) is 4.90 Å². The average Bonchev–Trinajstić information content (AvgIpc) is 2.24. The lowest BCUT2D eigenvalue weighted by Gasteiger charge is -2.31. The Morgan fingerprint density at radius 1 is 1.44 bits per heavy atom. The molecule has 18 heavy (non-hydrogen) atoms. The highest BCUT2D eigenvalue weighted by molar-refractivity contribution is 6.30. The van der Waals surface area contributed by atoms with Gasteiger partial charge < -0.3 is 4.74 Å². The van der Waals surface area contributed by atoms with Gasteiger partial charge in [0.15, 0.2) is 0 Å². The third-order valence-corrected chi connectivity index (χ3v) is 3.01. The summed E-state index contributed by atoms with van der Waals surface area (Å²) in [7, 11) is 0. The van der Waals surface area contributed by atoms with Crippen LogP contribution in [0.25, 0.3) is 0 Å². The smallest absolute Gasteiger partial charge is 0.141 e. The Labute approximate surface area is 124 Å². The first-order valence-corrected chi connectivity index (χ1v) is 5.81. The van der Waals surface area contributed by atoms with Crippen molar-refractivity contribution in [1.82, 2.24) is 4.90 Å². The summed E-state index contributed by atoms with van der Waals surface area (Å²) in [6.07, 6.45) is 0.268. The fourth-order valence-corrected chi connectivity index (χ4v) is 2.13. The molecule has 2 nitrogen and oxygen atoms in total. The Kier molecular flexibility index (Phi) is 8.15. The van der Waals surface area contributed by atoms with Crippen molar-refractivity contribution in [1.29, 1.82) is 0 Å². The number of hydrogen-bond donors (Lipinski definition) is 0. The molecule has 1 aromatic rings. The van der Waals surface area contributed by atoms with Crippen molar-refractivity contribution < 1.29 is 9.13 Å². The largest absolute Gasteiger partial charge is 0.376 e. The second-order valence-electron chi connectivity index (χ2n) is 4.16.